The molecule has 0 radical (unpaired) electrons. The summed E-state index contributed by atoms with van der Waals surface area (Å²) >= 11 is 6.17. The summed E-state index contributed by atoms with van der Waals surface area (Å²) < 4.78 is 17.6. The van der Waals surface area contributed by atoms with Gasteiger partial charge >= 0.3 is 5.97 Å². The first-order valence-electron chi connectivity index (χ1n) is 11.8. The van der Waals surface area contributed by atoms with Crippen LogP contribution < -0.4 is 14.2 Å². The molecule has 1 aromatic heterocycles. The van der Waals surface area contributed by atoms with E-state index in [9.17, 15) is 9.90 Å². The van der Waals surface area contributed by atoms with E-state index in [0.29, 0.717) is 40.9 Å². The highest BCUT2D eigenvalue weighted by Gasteiger charge is 2.22. The Balaban J connectivity index is 1.36. The quantitative estimate of drug-likeness (QED) is 0.238. The molecule has 3 aromatic carbocycles. The molecule has 0 spiro atoms. The first-order valence-corrected chi connectivity index (χ1v) is 12.1. The number of para-hydroxylation sites is 1. The molecule has 186 valence electrons. The Morgan fingerprint density at radius 3 is 2.31 bits per heavy atom. The summed E-state index contributed by atoms with van der Waals surface area (Å²) in [5.41, 5.74) is 2.45. The Labute approximate surface area is 215 Å². The van der Waals surface area contributed by atoms with Crippen LogP contribution in [-0.4, -0.2) is 22.2 Å². The molecular weight excluding hydrogens is 478 g/mol. The van der Waals surface area contributed by atoms with Gasteiger partial charge in [0.2, 0.25) is 0 Å². The fraction of sp³-hybridized carbons (Fsp3) is 0.241. The molecule has 1 unspecified atom stereocenters. The van der Waals surface area contributed by atoms with Gasteiger partial charge in [0.05, 0.1) is 11.2 Å². The predicted molar refractivity (Wildman–Crippen MR) is 140 cm³/mol. The van der Waals surface area contributed by atoms with Crippen molar-refractivity contribution in [1.82, 2.24) is 4.98 Å². The lowest BCUT2D eigenvalue weighted by atomic mass is 10.1. The molecule has 7 heteroatoms. The molecule has 0 amide bonds. The fourth-order valence-electron chi connectivity index (χ4n) is 3.70. The standard InChI is InChI=1S/C29H28ClNO5/c1-19(2)15-28(29(32)33)36-27-14-8-22(30)16-21(27)17-34-24-10-12-25(13-11-24)35-18-23-9-7-20-5-3-4-6-26(20)31-23/h3-14,16,19,28H,15,17-18H2,1-2H3,(H,32,33). The Kier molecular flexibility index (Phi) is 8.28. The maximum atomic E-state index is 11.6. The van der Waals surface area contributed by atoms with Gasteiger partial charge in [0.15, 0.2) is 6.10 Å². The summed E-state index contributed by atoms with van der Waals surface area (Å²) in [4.78, 5) is 16.3. The second kappa shape index (κ2) is 11.8. The molecule has 0 bridgehead atoms. The number of carboxylic acids is 1. The fourth-order valence-corrected chi connectivity index (χ4v) is 3.89. The molecule has 0 aliphatic heterocycles. The SMILES string of the molecule is CC(C)CC(Oc1ccc(Cl)cc1COc1ccc(OCc2ccc3ccccc3n2)cc1)C(=O)O. The Hall–Kier alpha value is -3.77. The van der Waals surface area contributed by atoms with Crippen molar-refractivity contribution in [3.63, 3.8) is 0 Å². The van der Waals surface area contributed by atoms with E-state index in [0.717, 1.165) is 16.6 Å². The highest BCUT2D eigenvalue weighted by molar-refractivity contribution is 6.30. The largest absolute Gasteiger partial charge is 0.489 e. The number of halogens is 1. The molecular formula is C29H28ClNO5. The molecule has 4 aromatic rings. The van der Waals surface area contributed by atoms with Gasteiger partial charge in [-0.3, -0.25) is 0 Å². The van der Waals surface area contributed by atoms with Crippen molar-refractivity contribution in [3.05, 3.63) is 95.1 Å². The molecule has 1 N–H and O–H groups in total. The van der Waals surface area contributed by atoms with Gasteiger partial charge in [0.1, 0.15) is 30.5 Å². The van der Waals surface area contributed by atoms with E-state index in [1.54, 1.807) is 18.2 Å². The van der Waals surface area contributed by atoms with Crippen LogP contribution in [0.2, 0.25) is 5.02 Å². The van der Waals surface area contributed by atoms with Crippen molar-refractivity contribution in [2.24, 2.45) is 5.92 Å². The number of hydrogen-bond acceptors (Lipinski definition) is 5. The van der Waals surface area contributed by atoms with Crippen molar-refractivity contribution in [1.29, 1.82) is 0 Å². The third-order valence-electron chi connectivity index (χ3n) is 5.51. The minimum absolute atomic E-state index is 0.172. The summed E-state index contributed by atoms with van der Waals surface area (Å²) in [5.74, 6) is 0.947. The van der Waals surface area contributed by atoms with Crippen LogP contribution in [0.5, 0.6) is 17.2 Å². The van der Waals surface area contributed by atoms with Gasteiger partial charge in [-0.05, 0) is 66.9 Å². The normalized spacial score (nSPS) is 11.9. The number of carboxylic acid groups (broad SMARTS) is 1. The van der Waals surface area contributed by atoms with E-state index in [2.05, 4.69) is 4.98 Å². The zero-order valence-electron chi connectivity index (χ0n) is 20.2. The van der Waals surface area contributed by atoms with Crippen LogP contribution in [-0.2, 0) is 18.0 Å². The smallest absolute Gasteiger partial charge is 0.344 e. The van der Waals surface area contributed by atoms with Crippen molar-refractivity contribution in [3.8, 4) is 17.2 Å². The predicted octanol–water partition coefficient (Wildman–Crippen LogP) is 6.92. The van der Waals surface area contributed by atoms with Crippen molar-refractivity contribution < 1.29 is 24.1 Å². The molecule has 1 atom stereocenters. The highest BCUT2D eigenvalue weighted by atomic mass is 35.5. The number of aliphatic carboxylic acids is 1. The molecule has 0 aliphatic carbocycles. The summed E-state index contributed by atoms with van der Waals surface area (Å²) in [6.07, 6.45) is -0.549. The van der Waals surface area contributed by atoms with E-state index in [1.165, 1.54) is 0 Å². The molecule has 0 fully saturated rings. The molecule has 4 rings (SSSR count). The lowest BCUT2D eigenvalue weighted by Crippen LogP contribution is -2.29. The summed E-state index contributed by atoms with van der Waals surface area (Å²) in [7, 11) is 0. The zero-order chi connectivity index (χ0) is 25.5. The molecule has 1 heterocycles. The number of fused-ring (bicyclic) bond motifs is 1. The van der Waals surface area contributed by atoms with Crippen LogP contribution in [0.4, 0.5) is 0 Å². The van der Waals surface area contributed by atoms with Crippen molar-refractivity contribution >= 4 is 28.5 Å². The Bertz CT molecular complexity index is 1320. The van der Waals surface area contributed by atoms with E-state index in [4.69, 9.17) is 25.8 Å². The molecule has 0 saturated carbocycles. The van der Waals surface area contributed by atoms with Gasteiger partial charge < -0.3 is 19.3 Å². The number of ether oxygens (including phenoxy) is 3. The molecule has 0 aliphatic rings. The van der Waals surface area contributed by atoms with Crippen LogP contribution in [0.15, 0.2) is 78.9 Å². The van der Waals surface area contributed by atoms with E-state index >= 15 is 0 Å². The number of nitrogens with zero attached hydrogens (tertiary/aromatic N) is 1. The number of aromatic nitrogens is 1. The number of benzene rings is 3. The maximum Gasteiger partial charge on any atom is 0.344 e. The van der Waals surface area contributed by atoms with Crippen LogP contribution in [0.1, 0.15) is 31.5 Å². The van der Waals surface area contributed by atoms with Gasteiger partial charge in [0, 0.05) is 16.0 Å². The lowest BCUT2D eigenvalue weighted by Gasteiger charge is -2.19. The third-order valence-corrected chi connectivity index (χ3v) is 5.75. The average Bonchev–Trinajstić information content (AvgIpc) is 2.87. The number of rotatable bonds is 11. The Morgan fingerprint density at radius 1 is 0.917 bits per heavy atom. The van der Waals surface area contributed by atoms with Gasteiger partial charge in [-0.1, -0.05) is 49.7 Å². The maximum absolute atomic E-state index is 11.6. The van der Waals surface area contributed by atoms with E-state index < -0.39 is 12.1 Å². The molecule has 36 heavy (non-hydrogen) atoms. The van der Waals surface area contributed by atoms with Gasteiger partial charge in [0.25, 0.3) is 0 Å². The molecule has 0 saturated heterocycles. The third kappa shape index (κ3) is 6.89. The monoisotopic (exact) mass is 505 g/mol. The molecule has 6 nitrogen and oxygen atoms in total. The van der Waals surface area contributed by atoms with Gasteiger partial charge in [-0.2, -0.15) is 0 Å². The van der Waals surface area contributed by atoms with Crippen LogP contribution in [0.3, 0.4) is 0 Å². The Morgan fingerprint density at radius 2 is 1.61 bits per heavy atom. The summed E-state index contributed by atoms with van der Waals surface area (Å²) in [6.45, 7) is 4.44. The van der Waals surface area contributed by atoms with E-state index in [-0.39, 0.29) is 12.5 Å². The van der Waals surface area contributed by atoms with Crippen LogP contribution >= 0.6 is 11.6 Å². The first kappa shape index (κ1) is 25.3. The summed E-state index contributed by atoms with van der Waals surface area (Å²) in [5, 5.41) is 11.1. The summed E-state index contributed by atoms with van der Waals surface area (Å²) in [6, 6.07) is 24.3. The average molecular weight is 506 g/mol. The first-order chi connectivity index (χ1) is 17.4. The number of pyridine rings is 1. The topological polar surface area (TPSA) is 77.9 Å². The minimum atomic E-state index is -1.00. The second-order valence-electron chi connectivity index (χ2n) is 8.87. The minimum Gasteiger partial charge on any atom is -0.489 e. The highest BCUT2D eigenvalue weighted by Crippen LogP contribution is 2.27. The number of hydrogen-bond donors (Lipinski definition) is 1. The van der Waals surface area contributed by atoms with Crippen molar-refractivity contribution in [2.75, 3.05) is 0 Å². The van der Waals surface area contributed by atoms with Gasteiger partial charge in [-0.25, -0.2) is 9.78 Å². The van der Waals surface area contributed by atoms with E-state index in [1.807, 2.05) is 74.5 Å². The van der Waals surface area contributed by atoms with Crippen LogP contribution in [0, 0.1) is 5.92 Å². The number of carbonyl (C=O) groups is 1. The second-order valence-corrected chi connectivity index (χ2v) is 9.31. The van der Waals surface area contributed by atoms with Crippen molar-refractivity contribution in [2.45, 2.75) is 39.6 Å². The lowest BCUT2D eigenvalue weighted by molar-refractivity contribution is -0.145. The van der Waals surface area contributed by atoms with Crippen LogP contribution in [0.25, 0.3) is 10.9 Å². The zero-order valence-corrected chi connectivity index (χ0v) is 20.9. The van der Waals surface area contributed by atoms with Gasteiger partial charge in [-0.15, -0.1) is 0 Å².